The number of nitrogens with zero attached hydrogens (tertiary/aromatic N) is 2. The summed E-state index contributed by atoms with van der Waals surface area (Å²) in [6, 6.07) is 17.6. The van der Waals surface area contributed by atoms with Crippen LogP contribution in [0, 0.1) is 0 Å². The maximum Gasteiger partial charge on any atom is 0.218 e. The molecular formula is C36H42Cl2N4O6S2. The first kappa shape index (κ1) is 36.8. The molecule has 2 aliphatic rings. The molecule has 0 radical (unpaired) electrons. The second-order valence-corrected chi connectivity index (χ2v) is 18.2. The molecule has 2 saturated heterocycles. The summed E-state index contributed by atoms with van der Waals surface area (Å²) in [5.74, 6) is 2.44. The van der Waals surface area contributed by atoms with Crippen molar-refractivity contribution >= 4 is 43.6 Å². The Kier molecular flexibility index (Phi) is 11.6. The predicted molar refractivity (Wildman–Crippen MR) is 202 cm³/mol. The standard InChI is InChI=1S/C36H42Cl2N4O6S2/c1-47-32-20-23(6-7-24(32)21-40-26-11-16-49(43,44)17-12-26)35-34(38)29(10-15-39-35)28-4-3-5-30(33(28)37)31-9-8-25(36(42-31)48-2)22-41-27-13-18-50(45,46)19-14-27/h3-10,15,20,26-27,40-41,43-44H,11-14,16-19,21-22H2,1-2H3. The van der Waals surface area contributed by atoms with E-state index >= 15 is 0 Å². The molecule has 50 heavy (non-hydrogen) atoms. The van der Waals surface area contributed by atoms with Crippen molar-refractivity contribution in [3.63, 3.8) is 0 Å². The highest BCUT2D eigenvalue weighted by molar-refractivity contribution is 8.24. The van der Waals surface area contributed by atoms with E-state index in [1.807, 2.05) is 54.6 Å². The minimum Gasteiger partial charge on any atom is -0.496 e. The van der Waals surface area contributed by atoms with E-state index in [4.69, 9.17) is 37.7 Å². The number of ether oxygens (including phenoxy) is 2. The predicted octanol–water partition coefficient (Wildman–Crippen LogP) is 7.47. The summed E-state index contributed by atoms with van der Waals surface area (Å²) in [6.45, 7) is 1.09. The zero-order valence-corrected chi connectivity index (χ0v) is 31.1. The lowest BCUT2D eigenvalue weighted by atomic mass is 9.99. The number of sulfone groups is 1. The SMILES string of the molecule is COc1cc(-c2nccc(-c3cccc(-c4ccc(CNC5CCS(=O)(=O)CC5)c(OC)n4)c3Cl)c2Cl)ccc1CNC1CCS(O)(O)CC1. The number of rotatable bonds is 11. The number of hydrogen-bond acceptors (Lipinski definition) is 10. The first-order valence-electron chi connectivity index (χ1n) is 16.5. The molecule has 14 heteroatoms. The Morgan fingerprint density at radius 2 is 1.40 bits per heavy atom. The number of nitrogens with one attached hydrogen (secondary N) is 2. The number of aromatic nitrogens is 2. The fraction of sp³-hybridized carbons (Fsp3) is 0.389. The minimum absolute atomic E-state index is 0.125. The zero-order valence-electron chi connectivity index (χ0n) is 28.0. The lowest BCUT2D eigenvalue weighted by Gasteiger charge is -2.39. The van der Waals surface area contributed by atoms with Crippen molar-refractivity contribution in [3.05, 3.63) is 82.0 Å². The summed E-state index contributed by atoms with van der Waals surface area (Å²) in [5.41, 5.74) is 6.04. The van der Waals surface area contributed by atoms with E-state index in [-0.39, 0.29) is 23.6 Å². The van der Waals surface area contributed by atoms with Crippen LogP contribution in [0.2, 0.25) is 10.0 Å². The molecule has 0 bridgehead atoms. The number of hydrogen-bond donors (Lipinski definition) is 4. The molecule has 4 aromatic rings. The number of pyridine rings is 2. The van der Waals surface area contributed by atoms with Gasteiger partial charge in [0, 0.05) is 76.3 Å². The van der Waals surface area contributed by atoms with Crippen LogP contribution in [-0.2, 0) is 22.9 Å². The fourth-order valence-electron chi connectivity index (χ4n) is 6.47. The van der Waals surface area contributed by atoms with Crippen LogP contribution >= 0.6 is 33.8 Å². The first-order chi connectivity index (χ1) is 24.0. The van der Waals surface area contributed by atoms with Crippen LogP contribution in [0.5, 0.6) is 11.6 Å². The molecule has 2 aromatic carbocycles. The highest BCUT2D eigenvalue weighted by Gasteiger charge is 2.25. The highest BCUT2D eigenvalue weighted by Crippen LogP contribution is 2.44. The number of benzene rings is 2. The Morgan fingerprint density at radius 1 is 0.780 bits per heavy atom. The Bertz CT molecular complexity index is 1940. The van der Waals surface area contributed by atoms with Crippen LogP contribution in [0.3, 0.4) is 0 Å². The van der Waals surface area contributed by atoms with Gasteiger partial charge in [-0.15, -0.1) is 0 Å². The molecule has 4 N–H and O–H groups in total. The van der Waals surface area contributed by atoms with Gasteiger partial charge >= 0.3 is 0 Å². The van der Waals surface area contributed by atoms with E-state index < -0.39 is 20.4 Å². The quantitative estimate of drug-likeness (QED) is 0.122. The van der Waals surface area contributed by atoms with E-state index in [0.29, 0.717) is 70.5 Å². The van der Waals surface area contributed by atoms with Gasteiger partial charge < -0.3 is 20.1 Å². The van der Waals surface area contributed by atoms with Gasteiger partial charge in [-0.1, -0.05) is 59.6 Å². The van der Waals surface area contributed by atoms with Gasteiger partial charge in [-0.3, -0.25) is 14.1 Å². The van der Waals surface area contributed by atoms with Crippen LogP contribution < -0.4 is 20.1 Å². The third-order valence-electron chi connectivity index (χ3n) is 9.45. The smallest absolute Gasteiger partial charge is 0.218 e. The van der Waals surface area contributed by atoms with Gasteiger partial charge in [0.1, 0.15) is 15.6 Å². The normalized spacial score (nSPS) is 18.4. The minimum atomic E-state index is -2.93. The largest absolute Gasteiger partial charge is 0.496 e. The van der Waals surface area contributed by atoms with Crippen molar-refractivity contribution in [1.29, 1.82) is 0 Å². The summed E-state index contributed by atoms with van der Waals surface area (Å²) in [4.78, 5) is 9.40. The molecule has 0 saturated carbocycles. The third kappa shape index (κ3) is 8.56. The Balaban J connectivity index is 1.20. The van der Waals surface area contributed by atoms with Crippen LogP contribution in [0.4, 0.5) is 0 Å². The van der Waals surface area contributed by atoms with E-state index in [2.05, 4.69) is 15.6 Å². The van der Waals surface area contributed by atoms with Crippen LogP contribution in [0.25, 0.3) is 33.6 Å². The zero-order chi connectivity index (χ0) is 35.5. The topological polar surface area (TPSA) is 143 Å². The summed E-state index contributed by atoms with van der Waals surface area (Å²) in [6.07, 6.45) is 4.34. The molecule has 268 valence electrons. The van der Waals surface area contributed by atoms with Crippen molar-refractivity contribution in [2.75, 3.05) is 37.2 Å². The van der Waals surface area contributed by atoms with E-state index in [0.717, 1.165) is 46.2 Å². The molecule has 0 aliphatic carbocycles. The third-order valence-corrected chi connectivity index (χ3v) is 13.7. The molecule has 6 rings (SSSR count). The van der Waals surface area contributed by atoms with Crippen LogP contribution in [0.1, 0.15) is 36.8 Å². The van der Waals surface area contributed by atoms with E-state index in [1.165, 1.54) is 0 Å². The fourth-order valence-corrected chi connectivity index (χ4v) is 10.1. The first-order valence-corrected chi connectivity index (χ1v) is 21.0. The average molecular weight is 762 g/mol. The van der Waals surface area contributed by atoms with Crippen molar-refractivity contribution in [2.45, 2.75) is 50.9 Å². The average Bonchev–Trinajstić information content (AvgIpc) is 3.11. The Labute approximate surface area is 305 Å². The van der Waals surface area contributed by atoms with Gasteiger partial charge in [-0.25, -0.2) is 13.4 Å². The van der Waals surface area contributed by atoms with Gasteiger partial charge in [0.05, 0.1) is 47.2 Å². The second kappa shape index (κ2) is 15.7. The van der Waals surface area contributed by atoms with Gasteiger partial charge in [0.15, 0.2) is 0 Å². The Hall–Kier alpha value is -2.94. The van der Waals surface area contributed by atoms with Crippen LogP contribution in [-0.4, -0.2) is 76.8 Å². The molecule has 2 aliphatic heterocycles. The van der Waals surface area contributed by atoms with Gasteiger partial charge in [0.2, 0.25) is 5.88 Å². The van der Waals surface area contributed by atoms with E-state index in [1.54, 1.807) is 20.4 Å². The number of halogens is 2. The summed E-state index contributed by atoms with van der Waals surface area (Å²) in [5, 5.41) is 7.91. The van der Waals surface area contributed by atoms with Crippen molar-refractivity contribution in [2.24, 2.45) is 0 Å². The Morgan fingerprint density at radius 3 is 2.08 bits per heavy atom. The molecule has 2 fully saturated rings. The molecular weight excluding hydrogens is 719 g/mol. The molecule has 2 aromatic heterocycles. The summed E-state index contributed by atoms with van der Waals surface area (Å²) >= 11 is 14.1. The van der Waals surface area contributed by atoms with Crippen molar-refractivity contribution in [1.82, 2.24) is 20.6 Å². The lowest BCUT2D eigenvalue weighted by molar-refractivity contribution is 0.386. The number of methoxy groups -OCH3 is 2. The van der Waals surface area contributed by atoms with E-state index in [9.17, 15) is 17.5 Å². The monoisotopic (exact) mass is 760 g/mol. The lowest BCUT2D eigenvalue weighted by Crippen LogP contribution is -2.37. The summed E-state index contributed by atoms with van der Waals surface area (Å²) < 4.78 is 54.9. The maximum atomic E-state index is 11.8. The molecule has 0 atom stereocenters. The van der Waals surface area contributed by atoms with Crippen molar-refractivity contribution < 1.29 is 27.0 Å². The molecule has 0 unspecified atom stereocenters. The molecule has 0 spiro atoms. The molecule has 10 nitrogen and oxygen atoms in total. The van der Waals surface area contributed by atoms with Crippen molar-refractivity contribution in [3.8, 4) is 45.3 Å². The molecule has 0 amide bonds. The highest BCUT2D eigenvalue weighted by atomic mass is 35.5. The van der Waals surface area contributed by atoms with Crippen LogP contribution in [0.15, 0.2) is 60.8 Å². The second-order valence-electron chi connectivity index (χ2n) is 12.8. The maximum absolute atomic E-state index is 11.8. The van der Waals surface area contributed by atoms with Gasteiger partial charge in [0.25, 0.3) is 0 Å². The summed E-state index contributed by atoms with van der Waals surface area (Å²) in [7, 11) is -2.14. The molecule has 4 heterocycles. The van der Waals surface area contributed by atoms with Gasteiger partial charge in [-0.2, -0.15) is 10.6 Å². The van der Waals surface area contributed by atoms with Gasteiger partial charge in [-0.05, 0) is 43.9 Å².